The molecule has 0 amide bonds. The molecule has 3 rings (SSSR count). The second-order valence-electron chi connectivity index (χ2n) is 7.49. The molecule has 2 aromatic carbocycles. The van der Waals surface area contributed by atoms with Crippen molar-refractivity contribution < 1.29 is 14.6 Å². The van der Waals surface area contributed by atoms with Crippen LogP contribution in [0.1, 0.15) is 44.4 Å². The van der Waals surface area contributed by atoms with Gasteiger partial charge in [0.2, 0.25) is 0 Å². The zero-order valence-electron chi connectivity index (χ0n) is 17.4. The first-order chi connectivity index (χ1) is 13.4. The lowest BCUT2D eigenvalue weighted by molar-refractivity contribution is 0.0694. The van der Waals surface area contributed by atoms with E-state index in [0.29, 0.717) is 23.8 Å². The second kappa shape index (κ2) is 10.0. The van der Waals surface area contributed by atoms with E-state index in [1.165, 1.54) is 0 Å². The van der Waals surface area contributed by atoms with Crippen molar-refractivity contribution in [3.8, 4) is 17.2 Å². The van der Waals surface area contributed by atoms with E-state index in [-0.39, 0.29) is 41.4 Å². The summed E-state index contributed by atoms with van der Waals surface area (Å²) in [5, 5.41) is 16.9. The van der Waals surface area contributed by atoms with E-state index >= 15 is 0 Å². The zero-order valence-corrected chi connectivity index (χ0v) is 19.7. The highest BCUT2D eigenvalue weighted by atomic mass is 127. The minimum Gasteiger partial charge on any atom is -0.508 e. The number of methoxy groups -OCH3 is 1. The maximum atomic E-state index is 10.1. The number of phenols is 1. The fraction of sp³-hybridized carbons (Fsp3) is 0.409. The van der Waals surface area contributed by atoms with Gasteiger partial charge in [-0.2, -0.15) is 0 Å². The molecule has 3 N–H and O–H groups in total. The molecule has 1 heterocycles. The van der Waals surface area contributed by atoms with E-state index in [1.54, 1.807) is 25.3 Å². The SMILES string of the molecule is CCNC(=NCc1cc(OC)ccc1O)NC1CC(C)(C)Oc2ccccc21.I. The summed E-state index contributed by atoms with van der Waals surface area (Å²) in [6.07, 6.45) is 0.818. The van der Waals surface area contributed by atoms with Crippen LogP contribution in [-0.2, 0) is 6.54 Å². The number of hydrogen-bond donors (Lipinski definition) is 3. The molecule has 0 aliphatic carbocycles. The number of benzene rings is 2. The number of nitrogens with one attached hydrogen (secondary N) is 2. The average Bonchev–Trinajstić information content (AvgIpc) is 2.66. The number of hydrogen-bond acceptors (Lipinski definition) is 4. The number of fused-ring (bicyclic) bond motifs is 1. The predicted molar refractivity (Wildman–Crippen MR) is 127 cm³/mol. The maximum absolute atomic E-state index is 10.1. The van der Waals surface area contributed by atoms with Gasteiger partial charge in [0.05, 0.1) is 19.7 Å². The lowest BCUT2D eigenvalue weighted by Crippen LogP contribution is -2.45. The molecule has 1 aliphatic heterocycles. The number of aliphatic imine (C=N–C) groups is 1. The fourth-order valence-electron chi connectivity index (χ4n) is 3.40. The van der Waals surface area contributed by atoms with Gasteiger partial charge in [-0.3, -0.25) is 0 Å². The van der Waals surface area contributed by atoms with E-state index in [2.05, 4.69) is 35.5 Å². The zero-order chi connectivity index (χ0) is 20.1. The number of halogens is 1. The van der Waals surface area contributed by atoms with Crippen LogP contribution in [0.4, 0.5) is 0 Å². The van der Waals surface area contributed by atoms with Gasteiger partial charge in [0.15, 0.2) is 5.96 Å². The predicted octanol–water partition coefficient (Wildman–Crippen LogP) is 4.38. The Hall–Kier alpha value is -2.16. The first kappa shape index (κ1) is 23.1. The Kier molecular flexibility index (Phi) is 8.01. The monoisotopic (exact) mass is 511 g/mol. The Morgan fingerprint density at radius 2 is 2.03 bits per heavy atom. The summed E-state index contributed by atoms with van der Waals surface area (Å²) in [7, 11) is 1.61. The third-order valence-electron chi connectivity index (χ3n) is 4.73. The van der Waals surface area contributed by atoms with E-state index < -0.39 is 0 Å². The van der Waals surface area contributed by atoms with E-state index in [9.17, 15) is 5.11 Å². The smallest absolute Gasteiger partial charge is 0.192 e. The molecule has 0 bridgehead atoms. The van der Waals surface area contributed by atoms with Crippen LogP contribution in [0.5, 0.6) is 17.2 Å². The van der Waals surface area contributed by atoms with Crippen LogP contribution in [0, 0.1) is 0 Å². The molecule has 0 saturated carbocycles. The first-order valence-corrected chi connectivity index (χ1v) is 9.60. The Morgan fingerprint density at radius 1 is 1.28 bits per heavy atom. The van der Waals surface area contributed by atoms with Crippen molar-refractivity contribution in [2.24, 2.45) is 4.99 Å². The Morgan fingerprint density at radius 3 is 2.76 bits per heavy atom. The average molecular weight is 511 g/mol. The molecule has 2 aromatic rings. The molecule has 0 saturated heterocycles. The molecule has 6 nitrogen and oxygen atoms in total. The summed E-state index contributed by atoms with van der Waals surface area (Å²) in [4.78, 5) is 4.67. The molecular weight excluding hydrogens is 481 g/mol. The summed E-state index contributed by atoms with van der Waals surface area (Å²) in [6.45, 7) is 7.30. The molecule has 0 aromatic heterocycles. The highest BCUT2D eigenvalue weighted by molar-refractivity contribution is 14.0. The lowest BCUT2D eigenvalue weighted by atomic mass is 9.90. The van der Waals surface area contributed by atoms with Crippen LogP contribution in [-0.4, -0.2) is 30.3 Å². The lowest BCUT2D eigenvalue weighted by Gasteiger charge is -2.38. The molecule has 1 aliphatic rings. The minimum atomic E-state index is -0.269. The van der Waals surface area contributed by atoms with E-state index in [1.807, 2.05) is 25.1 Å². The van der Waals surface area contributed by atoms with Crippen LogP contribution in [0.25, 0.3) is 0 Å². The van der Waals surface area contributed by atoms with Crippen LogP contribution in [0.2, 0.25) is 0 Å². The molecule has 7 heteroatoms. The van der Waals surface area contributed by atoms with E-state index in [4.69, 9.17) is 9.47 Å². The van der Waals surface area contributed by atoms with Gasteiger partial charge in [-0.1, -0.05) is 18.2 Å². The number of nitrogens with zero attached hydrogens (tertiary/aromatic N) is 1. The van der Waals surface area contributed by atoms with Crippen LogP contribution in [0.15, 0.2) is 47.5 Å². The van der Waals surface area contributed by atoms with Gasteiger partial charge < -0.3 is 25.2 Å². The summed E-state index contributed by atoms with van der Waals surface area (Å²) in [5.41, 5.74) is 1.56. The Bertz CT molecular complexity index is 855. The van der Waals surface area contributed by atoms with Gasteiger partial charge in [-0.25, -0.2) is 4.99 Å². The molecule has 1 atom stereocenters. The van der Waals surface area contributed by atoms with Crippen molar-refractivity contribution >= 4 is 29.9 Å². The minimum absolute atomic E-state index is 0. The normalized spacial score (nSPS) is 17.4. The Labute approximate surface area is 189 Å². The first-order valence-electron chi connectivity index (χ1n) is 9.60. The van der Waals surface area contributed by atoms with Crippen molar-refractivity contribution in [2.45, 2.75) is 45.4 Å². The largest absolute Gasteiger partial charge is 0.508 e. The van der Waals surface area contributed by atoms with Crippen molar-refractivity contribution in [1.29, 1.82) is 0 Å². The summed E-state index contributed by atoms with van der Waals surface area (Å²) in [6, 6.07) is 13.3. The third kappa shape index (κ3) is 5.91. The van der Waals surface area contributed by atoms with Gasteiger partial charge in [0.25, 0.3) is 0 Å². The molecule has 29 heavy (non-hydrogen) atoms. The van der Waals surface area contributed by atoms with Crippen LogP contribution < -0.4 is 20.1 Å². The standard InChI is InChI=1S/C22H29N3O3.HI/c1-5-23-21(24-14-15-12-16(27-4)10-11-19(15)26)25-18-13-22(2,3)28-20-9-7-6-8-17(18)20;/h6-12,18,26H,5,13-14H2,1-4H3,(H2,23,24,25);1H. The van der Waals surface area contributed by atoms with Gasteiger partial charge >= 0.3 is 0 Å². The van der Waals surface area contributed by atoms with E-state index in [0.717, 1.165) is 24.3 Å². The van der Waals surface area contributed by atoms with Gasteiger partial charge in [-0.15, -0.1) is 24.0 Å². The quantitative estimate of drug-likeness (QED) is 0.316. The fourth-order valence-corrected chi connectivity index (χ4v) is 3.40. The number of guanidine groups is 1. The van der Waals surface area contributed by atoms with Crippen molar-refractivity contribution in [3.05, 3.63) is 53.6 Å². The number of aromatic hydroxyl groups is 1. The maximum Gasteiger partial charge on any atom is 0.192 e. The highest BCUT2D eigenvalue weighted by Gasteiger charge is 2.33. The Balaban J connectivity index is 0.00000300. The summed E-state index contributed by atoms with van der Waals surface area (Å²) < 4.78 is 11.4. The number of ether oxygens (including phenoxy) is 2. The molecule has 0 fully saturated rings. The second-order valence-corrected chi connectivity index (χ2v) is 7.49. The van der Waals surface area contributed by atoms with Gasteiger partial charge in [0.1, 0.15) is 22.8 Å². The topological polar surface area (TPSA) is 75.1 Å². The van der Waals surface area contributed by atoms with Crippen molar-refractivity contribution in [2.75, 3.05) is 13.7 Å². The number of para-hydroxylation sites is 1. The molecular formula is C22H30IN3O3. The van der Waals surface area contributed by atoms with Crippen molar-refractivity contribution in [3.63, 3.8) is 0 Å². The third-order valence-corrected chi connectivity index (χ3v) is 4.73. The van der Waals surface area contributed by atoms with Crippen molar-refractivity contribution in [1.82, 2.24) is 10.6 Å². The summed E-state index contributed by atoms with van der Waals surface area (Å²) >= 11 is 0. The molecule has 0 spiro atoms. The van der Waals surface area contributed by atoms with Gasteiger partial charge in [0, 0.05) is 24.1 Å². The highest BCUT2D eigenvalue weighted by Crippen LogP contribution is 2.39. The molecule has 158 valence electrons. The molecule has 1 unspecified atom stereocenters. The van der Waals surface area contributed by atoms with Gasteiger partial charge in [-0.05, 0) is 45.0 Å². The van der Waals surface area contributed by atoms with Crippen LogP contribution in [0.3, 0.4) is 0 Å². The summed E-state index contributed by atoms with van der Waals surface area (Å²) in [5.74, 6) is 2.50. The van der Waals surface area contributed by atoms with Crippen LogP contribution >= 0.6 is 24.0 Å². The number of phenolic OH excluding ortho intramolecular Hbond substituents is 1. The number of rotatable bonds is 5. The molecule has 0 radical (unpaired) electrons.